The summed E-state index contributed by atoms with van der Waals surface area (Å²) < 4.78 is 10.7. The van der Waals surface area contributed by atoms with Crippen molar-refractivity contribution in [2.45, 2.75) is 19.4 Å². The fourth-order valence-corrected chi connectivity index (χ4v) is 1.60. The average molecular weight is 265 g/mol. The van der Waals surface area contributed by atoms with Gasteiger partial charge in [0, 0.05) is 6.54 Å². The van der Waals surface area contributed by atoms with Gasteiger partial charge in [-0.25, -0.2) is 0 Å². The second-order valence-corrected chi connectivity index (χ2v) is 4.18. The molecule has 1 aromatic carbocycles. The molecular formula is C15H23NO3. The van der Waals surface area contributed by atoms with Crippen molar-refractivity contribution in [3.8, 4) is 11.5 Å². The lowest BCUT2D eigenvalue weighted by Gasteiger charge is -2.14. The van der Waals surface area contributed by atoms with Crippen molar-refractivity contribution < 1.29 is 14.6 Å². The van der Waals surface area contributed by atoms with Crippen molar-refractivity contribution in [2.24, 2.45) is 0 Å². The number of methoxy groups -OCH3 is 1. The minimum atomic E-state index is -0.532. The van der Waals surface area contributed by atoms with E-state index in [2.05, 4.69) is 11.4 Å². The highest BCUT2D eigenvalue weighted by atomic mass is 16.5. The van der Waals surface area contributed by atoms with Gasteiger partial charge in [0.2, 0.25) is 0 Å². The number of aliphatic hydroxyl groups excluding tert-OH is 1. The topological polar surface area (TPSA) is 50.7 Å². The molecule has 0 saturated carbocycles. The number of aliphatic hydroxyl groups is 1. The number of rotatable bonds is 9. The Hall–Kier alpha value is -1.52. The molecule has 2 N–H and O–H groups in total. The molecule has 1 atom stereocenters. The summed E-state index contributed by atoms with van der Waals surface area (Å²) in [6, 6.07) is 7.41. The number of allylic oxidation sites excluding steroid dienone is 1. The monoisotopic (exact) mass is 265 g/mol. The van der Waals surface area contributed by atoms with Gasteiger partial charge in [-0.1, -0.05) is 24.3 Å². The van der Waals surface area contributed by atoms with Crippen molar-refractivity contribution in [3.05, 3.63) is 36.4 Å². The van der Waals surface area contributed by atoms with Crippen LogP contribution in [0.2, 0.25) is 0 Å². The Morgan fingerprint density at radius 3 is 2.74 bits per heavy atom. The number of hydrogen-bond donors (Lipinski definition) is 2. The van der Waals surface area contributed by atoms with Crippen LogP contribution >= 0.6 is 0 Å². The van der Waals surface area contributed by atoms with Crippen molar-refractivity contribution >= 4 is 0 Å². The molecule has 0 spiro atoms. The van der Waals surface area contributed by atoms with Crippen molar-refractivity contribution in [2.75, 3.05) is 26.8 Å². The van der Waals surface area contributed by atoms with E-state index in [0.717, 1.165) is 13.0 Å². The zero-order chi connectivity index (χ0) is 13.9. The van der Waals surface area contributed by atoms with E-state index < -0.39 is 6.10 Å². The predicted molar refractivity (Wildman–Crippen MR) is 76.8 cm³/mol. The van der Waals surface area contributed by atoms with Crippen LogP contribution in [0.3, 0.4) is 0 Å². The molecule has 1 rings (SSSR count). The molecular weight excluding hydrogens is 242 g/mol. The van der Waals surface area contributed by atoms with Crippen LogP contribution in [0.5, 0.6) is 11.5 Å². The van der Waals surface area contributed by atoms with Gasteiger partial charge in [-0.3, -0.25) is 0 Å². The lowest BCUT2D eigenvalue weighted by atomic mass is 10.3. The predicted octanol–water partition coefficient (Wildman–Crippen LogP) is 1.99. The Labute approximate surface area is 115 Å². The van der Waals surface area contributed by atoms with E-state index in [0.29, 0.717) is 18.0 Å². The summed E-state index contributed by atoms with van der Waals surface area (Å²) in [4.78, 5) is 0. The summed E-state index contributed by atoms with van der Waals surface area (Å²) in [5.74, 6) is 1.33. The van der Waals surface area contributed by atoms with Crippen molar-refractivity contribution in [3.63, 3.8) is 0 Å². The van der Waals surface area contributed by atoms with Crippen LogP contribution < -0.4 is 14.8 Å². The molecule has 1 aromatic rings. The third kappa shape index (κ3) is 6.27. The Bertz CT molecular complexity index is 379. The maximum absolute atomic E-state index is 9.78. The van der Waals surface area contributed by atoms with Crippen LogP contribution in [0, 0.1) is 0 Å². The molecule has 0 bridgehead atoms. The minimum Gasteiger partial charge on any atom is -0.493 e. The number of benzene rings is 1. The Morgan fingerprint density at radius 1 is 1.32 bits per heavy atom. The molecule has 106 valence electrons. The molecule has 1 unspecified atom stereocenters. The van der Waals surface area contributed by atoms with Gasteiger partial charge in [0.05, 0.1) is 7.11 Å². The quantitative estimate of drug-likeness (QED) is 0.529. The van der Waals surface area contributed by atoms with Gasteiger partial charge in [0.15, 0.2) is 11.5 Å². The number of ether oxygens (including phenoxy) is 2. The first kappa shape index (κ1) is 15.5. The third-order valence-electron chi connectivity index (χ3n) is 2.60. The van der Waals surface area contributed by atoms with Crippen molar-refractivity contribution in [1.82, 2.24) is 5.32 Å². The van der Waals surface area contributed by atoms with E-state index >= 15 is 0 Å². The van der Waals surface area contributed by atoms with E-state index in [9.17, 15) is 5.11 Å². The van der Waals surface area contributed by atoms with Crippen LogP contribution in [0.4, 0.5) is 0 Å². The van der Waals surface area contributed by atoms with Gasteiger partial charge in [0.1, 0.15) is 12.7 Å². The summed E-state index contributed by atoms with van der Waals surface area (Å²) in [5, 5.41) is 13.0. The smallest absolute Gasteiger partial charge is 0.161 e. The molecule has 0 amide bonds. The Morgan fingerprint density at radius 2 is 2.05 bits per heavy atom. The van der Waals surface area contributed by atoms with Gasteiger partial charge < -0.3 is 19.9 Å². The molecule has 0 aliphatic heterocycles. The Balaban J connectivity index is 2.24. The second kappa shape index (κ2) is 9.42. The van der Waals surface area contributed by atoms with Crippen LogP contribution in [0.25, 0.3) is 0 Å². The molecule has 0 radical (unpaired) electrons. The van der Waals surface area contributed by atoms with Gasteiger partial charge in [-0.05, 0) is 32.0 Å². The second-order valence-electron chi connectivity index (χ2n) is 4.18. The van der Waals surface area contributed by atoms with Gasteiger partial charge in [-0.2, -0.15) is 0 Å². The van der Waals surface area contributed by atoms with Gasteiger partial charge in [0.25, 0.3) is 0 Å². The molecule has 4 heteroatoms. The Kier molecular flexibility index (Phi) is 7.70. The minimum absolute atomic E-state index is 0.247. The average Bonchev–Trinajstić information content (AvgIpc) is 2.45. The van der Waals surface area contributed by atoms with Crippen LogP contribution in [0.15, 0.2) is 36.4 Å². The van der Waals surface area contributed by atoms with Crippen LogP contribution in [-0.4, -0.2) is 38.0 Å². The lowest BCUT2D eigenvalue weighted by Crippen LogP contribution is -2.31. The largest absolute Gasteiger partial charge is 0.493 e. The molecule has 4 nitrogen and oxygen atoms in total. The molecule has 0 fully saturated rings. The SMILES string of the molecule is C/C=C/CCNCC(O)COc1ccccc1OC. The van der Waals surface area contributed by atoms with Crippen LogP contribution in [-0.2, 0) is 0 Å². The first-order chi connectivity index (χ1) is 9.27. The fraction of sp³-hybridized carbons (Fsp3) is 0.467. The number of hydrogen-bond acceptors (Lipinski definition) is 4. The normalized spacial score (nSPS) is 12.6. The maximum Gasteiger partial charge on any atom is 0.161 e. The van der Waals surface area contributed by atoms with E-state index in [-0.39, 0.29) is 6.61 Å². The van der Waals surface area contributed by atoms with Gasteiger partial charge >= 0.3 is 0 Å². The fourth-order valence-electron chi connectivity index (χ4n) is 1.60. The molecule has 19 heavy (non-hydrogen) atoms. The standard InChI is InChI=1S/C15H23NO3/c1-3-4-7-10-16-11-13(17)12-19-15-9-6-5-8-14(15)18-2/h3-6,8-9,13,16-17H,7,10-12H2,1-2H3/b4-3+. The number of para-hydroxylation sites is 2. The molecule has 0 heterocycles. The molecule has 0 aliphatic rings. The van der Waals surface area contributed by atoms with Gasteiger partial charge in [-0.15, -0.1) is 0 Å². The molecule has 0 aliphatic carbocycles. The summed E-state index contributed by atoms with van der Waals surface area (Å²) in [5.41, 5.74) is 0. The zero-order valence-electron chi connectivity index (χ0n) is 11.6. The highest BCUT2D eigenvalue weighted by molar-refractivity contribution is 5.39. The summed E-state index contributed by atoms with van der Waals surface area (Å²) in [6.07, 6.45) is 4.54. The third-order valence-corrected chi connectivity index (χ3v) is 2.60. The summed E-state index contributed by atoms with van der Waals surface area (Å²) in [6.45, 7) is 3.62. The number of nitrogens with one attached hydrogen (secondary N) is 1. The van der Waals surface area contributed by atoms with Crippen LogP contribution in [0.1, 0.15) is 13.3 Å². The zero-order valence-corrected chi connectivity index (χ0v) is 11.6. The van der Waals surface area contributed by atoms with E-state index in [4.69, 9.17) is 9.47 Å². The molecule has 0 saturated heterocycles. The van der Waals surface area contributed by atoms with Crippen molar-refractivity contribution in [1.29, 1.82) is 0 Å². The first-order valence-corrected chi connectivity index (χ1v) is 6.53. The summed E-state index contributed by atoms with van der Waals surface area (Å²) in [7, 11) is 1.60. The van der Waals surface area contributed by atoms with E-state index in [1.54, 1.807) is 7.11 Å². The maximum atomic E-state index is 9.78. The highest BCUT2D eigenvalue weighted by Gasteiger charge is 2.07. The highest BCUT2D eigenvalue weighted by Crippen LogP contribution is 2.25. The molecule has 0 aromatic heterocycles. The van der Waals surface area contributed by atoms with E-state index in [1.165, 1.54) is 0 Å². The van der Waals surface area contributed by atoms with E-state index in [1.807, 2.05) is 37.3 Å². The lowest BCUT2D eigenvalue weighted by molar-refractivity contribution is 0.105. The summed E-state index contributed by atoms with van der Waals surface area (Å²) >= 11 is 0. The first-order valence-electron chi connectivity index (χ1n) is 6.53.